The third-order valence-corrected chi connectivity index (χ3v) is 8.69. The number of aliphatic hydroxyl groups excluding tert-OH is 1. The van der Waals surface area contributed by atoms with Crippen molar-refractivity contribution >= 4 is 21.8 Å². The number of hydrogen-bond donors (Lipinski definition) is 1. The van der Waals surface area contributed by atoms with E-state index in [2.05, 4.69) is 26.0 Å². The number of pyridine rings is 1. The van der Waals surface area contributed by atoms with Gasteiger partial charge in [0, 0.05) is 46.2 Å². The first-order valence-electron chi connectivity index (χ1n) is 13.7. The molecule has 1 fully saturated rings. The van der Waals surface area contributed by atoms with Crippen LogP contribution in [0.4, 0.5) is 0 Å². The van der Waals surface area contributed by atoms with E-state index < -0.39 is 0 Å². The molecule has 0 radical (unpaired) electrons. The van der Waals surface area contributed by atoms with Crippen LogP contribution in [-0.2, 0) is 13.0 Å². The van der Waals surface area contributed by atoms with Gasteiger partial charge in [-0.25, -0.2) is 19.2 Å². The van der Waals surface area contributed by atoms with Crippen molar-refractivity contribution in [2.45, 2.75) is 71.8 Å². The lowest BCUT2D eigenvalue weighted by Crippen LogP contribution is -2.46. The summed E-state index contributed by atoms with van der Waals surface area (Å²) in [6.07, 6.45) is 2.74. The zero-order chi connectivity index (χ0) is 29.0. The minimum Gasteiger partial charge on any atom is -0.474 e. The van der Waals surface area contributed by atoms with Crippen molar-refractivity contribution in [3.05, 3.63) is 91.2 Å². The van der Waals surface area contributed by atoms with Crippen molar-refractivity contribution < 1.29 is 14.6 Å². The van der Waals surface area contributed by atoms with Crippen LogP contribution in [0.15, 0.2) is 51.9 Å². The number of aromatic nitrogens is 5. The van der Waals surface area contributed by atoms with E-state index in [4.69, 9.17) is 9.72 Å². The van der Waals surface area contributed by atoms with Gasteiger partial charge in [-0.3, -0.25) is 9.59 Å². The minimum atomic E-state index is -0.324. The van der Waals surface area contributed by atoms with E-state index in [0.717, 1.165) is 21.4 Å². The largest absolute Gasteiger partial charge is 0.474 e. The quantitative estimate of drug-likeness (QED) is 0.359. The standard InChI is InChI=1S/C30H31BrN6O4/c1-16-9-20(5-7-25(16)31)28(39)35-15-26-24(11-18(35)3)29(40)36(30(33-26)37-19(4)10-17(2)34-37)21-6-8-27(32-14-21)41-23-12-22(38)13-23/h5-10,14,18,22-23,38H,11-13,15H2,1-4H3/t18-,22-,23+/m1/s1. The van der Waals surface area contributed by atoms with Crippen molar-refractivity contribution in [3.63, 3.8) is 0 Å². The van der Waals surface area contributed by atoms with Gasteiger partial charge in [0.15, 0.2) is 0 Å². The molecule has 11 heteroatoms. The lowest BCUT2D eigenvalue weighted by molar-refractivity contribution is -0.0128. The van der Waals surface area contributed by atoms with Gasteiger partial charge >= 0.3 is 0 Å². The van der Waals surface area contributed by atoms with Crippen LogP contribution in [0.1, 0.15) is 58.3 Å². The van der Waals surface area contributed by atoms with Gasteiger partial charge in [0.1, 0.15) is 6.10 Å². The summed E-state index contributed by atoms with van der Waals surface area (Å²) in [6.45, 7) is 7.91. The Kier molecular flexibility index (Phi) is 7.03. The van der Waals surface area contributed by atoms with Crippen LogP contribution < -0.4 is 10.3 Å². The summed E-state index contributed by atoms with van der Waals surface area (Å²) in [6, 6.07) is 10.8. The fourth-order valence-electron chi connectivity index (χ4n) is 5.45. The maximum absolute atomic E-state index is 14.1. The second kappa shape index (κ2) is 10.5. The predicted octanol–water partition coefficient (Wildman–Crippen LogP) is 3.99. The monoisotopic (exact) mass is 618 g/mol. The third kappa shape index (κ3) is 5.08. The second-order valence-electron chi connectivity index (χ2n) is 11.0. The summed E-state index contributed by atoms with van der Waals surface area (Å²) < 4.78 is 9.96. The molecular formula is C30H31BrN6O4. The van der Waals surface area contributed by atoms with Gasteiger partial charge in [0.2, 0.25) is 11.8 Å². The first kappa shape index (κ1) is 27.3. The Morgan fingerprint density at radius 1 is 1.12 bits per heavy atom. The number of nitrogens with zero attached hydrogens (tertiary/aromatic N) is 6. The lowest BCUT2D eigenvalue weighted by Gasteiger charge is -2.34. The summed E-state index contributed by atoms with van der Waals surface area (Å²) in [5, 5.41) is 14.2. The van der Waals surface area contributed by atoms with Crippen LogP contribution in [-0.4, -0.2) is 58.5 Å². The topological polar surface area (TPSA) is 115 Å². The van der Waals surface area contributed by atoms with E-state index in [9.17, 15) is 14.7 Å². The van der Waals surface area contributed by atoms with E-state index in [1.807, 2.05) is 52.0 Å². The van der Waals surface area contributed by atoms with Gasteiger partial charge in [-0.2, -0.15) is 5.10 Å². The Hall–Kier alpha value is -3.83. The van der Waals surface area contributed by atoms with Gasteiger partial charge in [0.25, 0.3) is 11.5 Å². The van der Waals surface area contributed by atoms with Crippen LogP contribution in [0.5, 0.6) is 5.88 Å². The molecule has 1 aliphatic heterocycles. The summed E-state index contributed by atoms with van der Waals surface area (Å²) >= 11 is 3.50. The van der Waals surface area contributed by atoms with Gasteiger partial charge in [0.05, 0.1) is 35.9 Å². The number of fused-ring (bicyclic) bond motifs is 1. The number of ether oxygens (including phenoxy) is 1. The highest BCUT2D eigenvalue weighted by Crippen LogP contribution is 2.27. The summed E-state index contributed by atoms with van der Waals surface area (Å²) in [4.78, 5) is 38.9. The van der Waals surface area contributed by atoms with E-state index in [1.54, 1.807) is 27.9 Å². The van der Waals surface area contributed by atoms with Crippen LogP contribution in [0.25, 0.3) is 11.6 Å². The van der Waals surface area contributed by atoms with Crippen molar-refractivity contribution in [2.75, 3.05) is 0 Å². The molecule has 4 aromatic rings. The fraction of sp³-hybridized carbons (Fsp3) is 0.367. The smallest absolute Gasteiger partial charge is 0.263 e. The first-order chi connectivity index (χ1) is 19.6. The zero-order valence-electron chi connectivity index (χ0n) is 23.3. The minimum absolute atomic E-state index is 0.0600. The van der Waals surface area contributed by atoms with Crippen LogP contribution in [0.2, 0.25) is 0 Å². The molecule has 10 nitrogen and oxygen atoms in total. The number of carbonyl (C=O) groups is 1. The molecule has 212 valence electrons. The van der Waals surface area contributed by atoms with Crippen molar-refractivity contribution in [2.24, 2.45) is 0 Å². The molecule has 1 atom stereocenters. The number of hydrogen-bond acceptors (Lipinski definition) is 7. The van der Waals surface area contributed by atoms with Gasteiger partial charge < -0.3 is 14.7 Å². The summed E-state index contributed by atoms with van der Waals surface area (Å²) in [5.74, 6) is 0.665. The molecule has 0 saturated heterocycles. The Morgan fingerprint density at radius 2 is 1.90 bits per heavy atom. The van der Waals surface area contributed by atoms with Gasteiger partial charge in [-0.15, -0.1) is 0 Å². The van der Waals surface area contributed by atoms with Crippen LogP contribution in [0, 0.1) is 20.8 Å². The Morgan fingerprint density at radius 3 is 2.54 bits per heavy atom. The highest BCUT2D eigenvalue weighted by Gasteiger charge is 2.33. The van der Waals surface area contributed by atoms with E-state index in [0.29, 0.717) is 53.6 Å². The van der Waals surface area contributed by atoms with Crippen molar-refractivity contribution in [1.29, 1.82) is 0 Å². The molecule has 1 N–H and O–H groups in total. The molecule has 1 amide bonds. The lowest BCUT2D eigenvalue weighted by atomic mass is 9.92. The molecule has 41 heavy (non-hydrogen) atoms. The van der Waals surface area contributed by atoms with Gasteiger partial charge in [-0.05, 0) is 70.0 Å². The number of benzene rings is 1. The van der Waals surface area contributed by atoms with Crippen molar-refractivity contribution in [3.8, 4) is 17.5 Å². The highest BCUT2D eigenvalue weighted by atomic mass is 79.9. The third-order valence-electron chi connectivity index (χ3n) is 7.80. The number of rotatable bonds is 5. The molecule has 1 saturated carbocycles. The number of aliphatic hydroxyl groups is 1. The molecule has 0 bridgehead atoms. The molecule has 4 heterocycles. The second-order valence-corrected chi connectivity index (χ2v) is 11.8. The number of amides is 1. The molecule has 6 rings (SSSR count). The van der Waals surface area contributed by atoms with Gasteiger partial charge in [-0.1, -0.05) is 15.9 Å². The van der Waals surface area contributed by atoms with Crippen LogP contribution in [0.3, 0.4) is 0 Å². The van der Waals surface area contributed by atoms with Crippen LogP contribution >= 0.6 is 15.9 Å². The normalized spacial score (nSPS) is 20.0. The predicted molar refractivity (Wildman–Crippen MR) is 156 cm³/mol. The molecule has 3 aromatic heterocycles. The first-order valence-corrected chi connectivity index (χ1v) is 14.4. The van der Waals surface area contributed by atoms with E-state index in [-0.39, 0.29) is 36.3 Å². The van der Waals surface area contributed by atoms with E-state index in [1.165, 1.54) is 4.57 Å². The molecule has 2 aliphatic rings. The van der Waals surface area contributed by atoms with Crippen molar-refractivity contribution in [1.82, 2.24) is 29.2 Å². The number of aryl methyl sites for hydroxylation is 3. The van der Waals surface area contributed by atoms with E-state index >= 15 is 0 Å². The SMILES string of the molecule is Cc1cc(C)n(-c2nc3c(c(=O)n2-c2ccc(O[C@H]4C[C@@H](O)C4)nc2)C[C@@H](C)N(C(=O)c2ccc(Br)c(C)c2)C3)n1. The maximum Gasteiger partial charge on any atom is 0.263 e. The average Bonchev–Trinajstić information content (AvgIpc) is 3.27. The molecule has 0 unspecified atom stereocenters. The zero-order valence-corrected chi connectivity index (χ0v) is 24.9. The highest BCUT2D eigenvalue weighted by molar-refractivity contribution is 9.10. The average molecular weight is 620 g/mol. The fourth-order valence-corrected chi connectivity index (χ4v) is 5.69. The Labute approximate surface area is 245 Å². The molecular weight excluding hydrogens is 588 g/mol. The Balaban J connectivity index is 1.41. The summed E-state index contributed by atoms with van der Waals surface area (Å²) in [5.41, 5.74) is 4.64. The number of halogens is 1. The molecule has 0 spiro atoms. The Bertz CT molecular complexity index is 1710. The summed E-state index contributed by atoms with van der Waals surface area (Å²) in [7, 11) is 0. The number of carbonyl (C=O) groups excluding carboxylic acids is 1. The molecule has 1 aliphatic carbocycles. The maximum atomic E-state index is 14.1. The molecule has 1 aromatic carbocycles.